The molecule has 2 aliphatic rings. The third-order valence-corrected chi connectivity index (χ3v) is 11.1. The van der Waals surface area contributed by atoms with Crippen LogP contribution in [0.4, 0.5) is 0 Å². The Hall–Kier alpha value is -1.01. The van der Waals surface area contributed by atoms with E-state index in [0.717, 1.165) is 57.8 Å². The predicted octanol–water partition coefficient (Wildman–Crippen LogP) is 3.48. The van der Waals surface area contributed by atoms with Crippen LogP contribution in [0.2, 0.25) is 0 Å². The molecule has 2 rings (SSSR count). The number of unbranched alkanes of at least 4 members (excludes halogenated alkanes) is 19. The van der Waals surface area contributed by atoms with Crippen molar-refractivity contribution >= 4 is 5.91 Å². The van der Waals surface area contributed by atoms with Crippen molar-refractivity contribution in [3.63, 3.8) is 0 Å². The molecular formula is C41H79NO13. The normalized spacial score (nSPS) is 29.6. The van der Waals surface area contributed by atoms with Gasteiger partial charge in [-0.25, -0.2) is 0 Å². The Morgan fingerprint density at radius 2 is 1.04 bits per heavy atom. The molecule has 326 valence electrons. The number of amides is 1. The number of hydrogen-bond acceptors (Lipinski definition) is 13. The van der Waals surface area contributed by atoms with Gasteiger partial charge in [-0.2, -0.15) is 0 Å². The molecule has 0 saturated carbocycles. The van der Waals surface area contributed by atoms with Gasteiger partial charge in [0.25, 0.3) is 0 Å². The number of hydrogen-bond donors (Lipinski definition) is 9. The first-order chi connectivity index (χ1) is 26.6. The first kappa shape index (κ1) is 50.1. The summed E-state index contributed by atoms with van der Waals surface area (Å²) in [6.07, 6.45) is 8.67. The summed E-state index contributed by atoms with van der Waals surface area (Å²) in [5.74, 6) is -0.217. The van der Waals surface area contributed by atoms with E-state index in [4.69, 9.17) is 18.9 Å². The zero-order chi connectivity index (χ0) is 40.4. The minimum Gasteiger partial charge on any atom is -0.394 e. The standard InChI is InChI=1S/C41H79NO13/c1-3-5-7-9-11-12-13-14-15-16-17-18-19-20-22-24-30(45)29(42-33(46)25-23-21-10-8-6-4-2)28-52-40-38(51)36(49)39(32(27-44)54-40)55-41-37(50)35(48)34(47)31(26-43)53-41/h29-32,34-41,43-45,47-51H,3-28H2,1-2H3,(H,42,46). The monoisotopic (exact) mass is 794 g/mol. The molecule has 2 saturated heterocycles. The van der Waals surface area contributed by atoms with Crippen LogP contribution in [-0.2, 0) is 23.7 Å². The highest BCUT2D eigenvalue weighted by Gasteiger charge is 2.51. The van der Waals surface area contributed by atoms with Crippen LogP contribution in [0.1, 0.15) is 162 Å². The highest BCUT2D eigenvalue weighted by atomic mass is 16.7. The highest BCUT2D eigenvalue weighted by Crippen LogP contribution is 2.30. The number of nitrogens with one attached hydrogen (secondary N) is 1. The molecule has 2 heterocycles. The molecule has 12 unspecified atom stereocenters. The van der Waals surface area contributed by atoms with Gasteiger partial charge in [-0.3, -0.25) is 4.79 Å². The van der Waals surface area contributed by atoms with Gasteiger partial charge in [0.2, 0.25) is 5.91 Å². The lowest BCUT2D eigenvalue weighted by Crippen LogP contribution is -2.65. The number of aliphatic hydroxyl groups is 8. The maximum absolute atomic E-state index is 12.9. The topological polar surface area (TPSA) is 228 Å². The summed E-state index contributed by atoms with van der Waals surface area (Å²) in [6, 6.07) is -0.817. The minimum atomic E-state index is -1.78. The summed E-state index contributed by atoms with van der Waals surface area (Å²) in [6.45, 7) is 2.76. The summed E-state index contributed by atoms with van der Waals surface area (Å²) in [7, 11) is 0. The second-order valence-corrected chi connectivity index (χ2v) is 15.8. The summed E-state index contributed by atoms with van der Waals surface area (Å²) in [5, 5.41) is 86.2. The Kier molecular flexibility index (Phi) is 27.4. The Balaban J connectivity index is 1.86. The smallest absolute Gasteiger partial charge is 0.220 e. The van der Waals surface area contributed by atoms with Crippen LogP contribution in [0, 0.1) is 0 Å². The lowest BCUT2D eigenvalue weighted by molar-refractivity contribution is -0.359. The summed E-state index contributed by atoms with van der Waals surface area (Å²) >= 11 is 0. The van der Waals surface area contributed by atoms with E-state index in [1.165, 1.54) is 77.0 Å². The third-order valence-electron chi connectivity index (χ3n) is 11.1. The highest BCUT2D eigenvalue weighted by molar-refractivity contribution is 5.76. The fourth-order valence-electron chi connectivity index (χ4n) is 7.41. The van der Waals surface area contributed by atoms with E-state index in [1.807, 2.05) is 0 Å². The Bertz CT molecular complexity index is 946. The molecule has 2 fully saturated rings. The molecule has 0 radical (unpaired) electrons. The maximum atomic E-state index is 12.9. The molecule has 0 aromatic heterocycles. The number of carbonyl (C=O) groups excluding carboxylic acids is 1. The van der Waals surface area contributed by atoms with Gasteiger partial charge in [0.05, 0.1) is 32.0 Å². The summed E-state index contributed by atoms with van der Waals surface area (Å²) in [5.41, 5.74) is 0. The maximum Gasteiger partial charge on any atom is 0.220 e. The van der Waals surface area contributed by atoms with Crippen LogP contribution < -0.4 is 5.32 Å². The Morgan fingerprint density at radius 1 is 0.582 bits per heavy atom. The van der Waals surface area contributed by atoms with Gasteiger partial charge in [-0.05, 0) is 12.8 Å². The molecule has 0 aromatic carbocycles. The van der Waals surface area contributed by atoms with E-state index in [1.54, 1.807) is 0 Å². The second-order valence-electron chi connectivity index (χ2n) is 15.8. The first-order valence-corrected chi connectivity index (χ1v) is 21.8. The molecule has 14 nitrogen and oxygen atoms in total. The van der Waals surface area contributed by atoms with Crippen molar-refractivity contribution in [1.29, 1.82) is 0 Å². The fourth-order valence-corrected chi connectivity index (χ4v) is 7.41. The zero-order valence-corrected chi connectivity index (χ0v) is 33.9. The zero-order valence-electron chi connectivity index (χ0n) is 33.9. The van der Waals surface area contributed by atoms with Crippen molar-refractivity contribution in [2.24, 2.45) is 0 Å². The Morgan fingerprint density at radius 3 is 1.55 bits per heavy atom. The summed E-state index contributed by atoms with van der Waals surface area (Å²) in [4.78, 5) is 12.9. The van der Waals surface area contributed by atoms with Crippen molar-refractivity contribution in [2.45, 2.75) is 235 Å². The van der Waals surface area contributed by atoms with Gasteiger partial charge in [-0.1, -0.05) is 142 Å². The van der Waals surface area contributed by atoms with Crippen molar-refractivity contribution in [3.05, 3.63) is 0 Å². The number of aliphatic hydroxyl groups excluding tert-OH is 8. The molecule has 2 aliphatic heterocycles. The molecule has 0 bridgehead atoms. The molecule has 0 aromatic rings. The summed E-state index contributed by atoms with van der Waals surface area (Å²) < 4.78 is 22.6. The average molecular weight is 794 g/mol. The molecule has 14 heteroatoms. The van der Waals surface area contributed by atoms with Crippen molar-refractivity contribution < 1.29 is 64.6 Å². The molecule has 1 amide bonds. The van der Waals surface area contributed by atoms with Crippen LogP contribution in [0.15, 0.2) is 0 Å². The van der Waals surface area contributed by atoms with Crippen LogP contribution in [0.25, 0.3) is 0 Å². The molecule has 0 spiro atoms. The van der Waals surface area contributed by atoms with Crippen molar-refractivity contribution in [2.75, 3.05) is 19.8 Å². The third kappa shape index (κ3) is 19.1. The van der Waals surface area contributed by atoms with Crippen LogP contribution in [-0.4, -0.2) is 140 Å². The second kappa shape index (κ2) is 30.1. The Labute approximate surface area is 330 Å². The van der Waals surface area contributed by atoms with Gasteiger partial charge in [0.15, 0.2) is 12.6 Å². The van der Waals surface area contributed by atoms with Crippen LogP contribution >= 0.6 is 0 Å². The molecule has 55 heavy (non-hydrogen) atoms. The van der Waals surface area contributed by atoms with E-state index >= 15 is 0 Å². The minimum absolute atomic E-state index is 0.217. The van der Waals surface area contributed by atoms with Gasteiger partial charge in [0.1, 0.15) is 48.8 Å². The SMILES string of the molecule is CCCCCCCCCCCCCCCCCC(O)C(COC1OC(CO)C(OC2OC(CO)C(O)C(O)C2O)C(O)C1O)NC(=O)CCCCCCCC. The lowest BCUT2D eigenvalue weighted by atomic mass is 9.97. The van der Waals surface area contributed by atoms with Gasteiger partial charge in [-0.15, -0.1) is 0 Å². The first-order valence-electron chi connectivity index (χ1n) is 21.8. The number of carbonyl (C=O) groups is 1. The number of rotatable bonds is 32. The van der Waals surface area contributed by atoms with E-state index in [2.05, 4.69) is 19.2 Å². The molecule has 9 N–H and O–H groups in total. The largest absolute Gasteiger partial charge is 0.394 e. The lowest BCUT2D eigenvalue weighted by Gasteiger charge is -2.46. The molecular weight excluding hydrogens is 714 g/mol. The van der Waals surface area contributed by atoms with Crippen LogP contribution in [0.3, 0.4) is 0 Å². The van der Waals surface area contributed by atoms with Crippen molar-refractivity contribution in [1.82, 2.24) is 5.32 Å². The predicted molar refractivity (Wildman–Crippen MR) is 208 cm³/mol. The van der Waals surface area contributed by atoms with Gasteiger partial charge < -0.3 is 65.1 Å². The van der Waals surface area contributed by atoms with Crippen LogP contribution in [0.5, 0.6) is 0 Å². The van der Waals surface area contributed by atoms with Gasteiger partial charge in [0, 0.05) is 6.42 Å². The fraction of sp³-hybridized carbons (Fsp3) is 0.976. The van der Waals surface area contributed by atoms with E-state index in [0.29, 0.717) is 12.8 Å². The number of ether oxygens (including phenoxy) is 4. The average Bonchev–Trinajstić information content (AvgIpc) is 3.18. The van der Waals surface area contributed by atoms with E-state index < -0.39 is 86.8 Å². The molecule has 0 aliphatic carbocycles. The van der Waals surface area contributed by atoms with Crippen molar-refractivity contribution in [3.8, 4) is 0 Å². The molecule has 12 atom stereocenters. The van der Waals surface area contributed by atoms with E-state index in [-0.39, 0.29) is 12.5 Å². The van der Waals surface area contributed by atoms with Gasteiger partial charge >= 0.3 is 0 Å². The van der Waals surface area contributed by atoms with E-state index in [9.17, 15) is 45.6 Å². The quantitative estimate of drug-likeness (QED) is 0.0445.